The van der Waals surface area contributed by atoms with Crippen molar-refractivity contribution in [3.05, 3.63) is 94.3 Å². The van der Waals surface area contributed by atoms with E-state index in [4.69, 9.17) is 21.4 Å². The highest BCUT2D eigenvalue weighted by molar-refractivity contribution is 7.80. The van der Waals surface area contributed by atoms with Crippen LogP contribution in [0.4, 0.5) is 5.69 Å². The first-order valence-corrected chi connectivity index (χ1v) is 11.5. The van der Waals surface area contributed by atoms with E-state index < -0.39 is 5.63 Å². The third-order valence-electron chi connectivity index (χ3n) is 5.64. The van der Waals surface area contributed by atoms with Gasteiger partial charge in [-0.3, -0.25) is 10.1 Å². The van der Waals surface area contributed by atoms with Gasteiger partial charge in [0.1, 0.15) is 11.3 Å². The van der Waals surface area contributed by atoms with Crippen LogP contribution in [0.2, 0.25) is 0 Å². The van der Waals surface area contributed by atoms with Gasteiger partial charge in [-0.05, 0) is 65.2 Å². The second kappa shape index (κ2) is 9.72. The number of nitrogens with one attached hydrogen (secondary N) is 2. The van der Waals surface area contributed by atoms with E-state index in [1.807, 2.05) is 30.3 Å². The van der Waals surface area contributed by atoms with Gasteiger partial charge in [-0.15, -0.1) is 0 Å². The molecule has 0 bridgehead atoms. The topological polar surface area (TPSA) is 80.6 Å². The Hall–Kier alpha value is -3.97. The van der Waals surface area contributed by atoms with Crippen molar-refractivity contribution in [2.75, 3.05) is 12.4 Å². The van der Waals surface area contributed by atoms with Crippen LogP contribution in [0.1, 0.15) is 36.7 Å². The van der Waals surface area contributed by atoms with Gasteiger partial charge in [-0.2, -0.15) is 0 Å². The second-order valence-corrected chi connectivity index (χ2v) is 9.54. The SMILES string of the molecule is COc1ccc(-c2cc3ccccc3oc2=O)cc1NC(=S)NC(=O)c1ccc(C(C)(C)C)cc1. The van der Waals surface area contributed by atoms with Crippen LogP contribution in [0.5, 0.6) is 5.75 Å². The number of hydrogen-bond acceptors (Lipinski definition) is 5. The molecule has 0 atom stereocenters. The maximum absolute atomic E-state index is 12.7. The number of anilines is 1. The van der Waals surface area contributed by atoms with Crippen LogP contribution in [0.15, 0.2) is 82.0 Å². The lowest BCUT2D eigenvalue weighted by molar-refractivity contribution is 0.0977. The second-order valence-electron chi connectivity index (χ2n) is 9.14. The summed E-state index contributed by atoms with van der Waals surface area (Å²) in [7, 11) is 1.53. The molecule has 0 aliphatic heterocycles. The first kappa shape index (κ1) is 24.2. The number of carbonyl (C=O) groups excluding carboxylic acids is 1. The molecule has 0 radical (unpaired) electrons. The molecule has 0 aliphatic carbocycles. The van der Waals surface area contributed by atoms with E-state index in [1.165, 1.54) is 7.11 Å². The van der Waals surface area contributed by atoms with Gasteiger partial charge in [-0.1, -0.05) is 57.2 Å². The summed E-state index contributed by atoms with van der Waals surface area (Å²) in [6.45, 7) is 6.35. The minimum Gasteiger partial charge on any atom is -0.495 e. The predicted octanol–water partition coefficient (Wildman–Crippen LogP) is 5.89. The number of thiocarbonyl (C=S) groups is 1. The molecule has 1 heterocycles. The van der Waals surface area contributed by atoms with Gasteiger partial charge in [0.05, 0.1) is 18.4 Å². The molecule has 178 valence electrons. The molecule has 0 fully saturated rings. The minimum absolute atomic E-state index is 0.00426. The molecule has 0 saturated heterocycles. The average Bonchev–Trinajstić information content (AvgIpc) is 2.83. The van der Waals surface area contributed by atoms with Gasteiger partial charge >= 0.3 is 5.63 Å². The van der Waals surface area contributed by atoms with Crippen molar-refractivity contribution in [2.24, 2.45) is 0 Å². The molecule has 7 heteroatoms. The molecule has 4 aromatic rings. The lowest BCUT2D eigenvalue weighted by atomic mass is 9.87. The summed E-state index contributed by atoms with van der Waals surface area (Å²) in [6.07, 6.45) is 0. The van der Waals surface area contributed by atoms with E-state index >= 15 is 0 Å². The van der Waals surface area contributed by atoms with Crippen LogP contribution >= 0.6 is 12.2 Å². The fourth-order valence-corrected chi connectivity index (χ4v) is 3.89. The Labute approximate surface area is 208 Å². The summed E-state index contributed by atoms with van der Waals surface area (Å²) >= 11 is 5.37. The number of hydrogen-bond donors (Lipinski definition) is 2. The van der Waals surface area contributed by atoms with Gasteiger partial charge in [0.15, 0.2) is 5.11 Å². The number of amides is 1. The van der Waals surface area contributed by atoms with Gasteiger partial charge in [-0.25, -0.2) is 4.79 Å². The molecule has 0 unspecified atom stereocenters. The minimum atomic E-state index is -0.450. The third kappa shape index (κ3) is 5.41. The van der Waals surface area contributed by atoms with Gasteiger partial charge in [0, 0.05) is 10.9 Å². The van der Waals surface area contributed by atoms with E-state index in [9.17, 15) is 9.59 Å². The summed E-state index contributed by atoms with van der Waals surface area (Å²) in [5, 5.41) is 6.62. The average molecular weight is 487 g/mol. The van der Waals surface area contributed by atoms with Gasteiger partial charge in [0.25, 0.3) is 5.91 Å². The lowest BCUT2D eigenvalue weighted by Gasteiger charge is -2.19. The Morgan fingerprint density at radius 2 is 1.69 bits per heavy atom. The molecule has 1 amide bonds. The summed E-state index contributed by atoms with van der Waals surface area (Å²) in [6, 6.07) is 21.8. The van der Waals surface area contributed by atoms with Crippen molar-refractivity contribution in [1.29, 1.82) is 0 Å². The van der Waals surface area contributed by atoms with Crippen molar-refractivity contribution in [1.82, 2.24) is 5.32 Å². The maximum Gasteiger partial charge on any atom is 0.344 e. The predicted molar refractivity (Wildman–Crippen MR) is 143 cm³/mol. The first-order valence-electron chi connectivity index (χ1n) is 11.1. The van der Waals surface area contributed by atoms with Crippen LogP contribution in [0.25, 0.3) is 22.1 Å². The molecule has 0 spiro atoms. The zero-order valence-corrected chi connectivity index (χ0v) is 20.8. The molecular formula is C28H26N2O4S. The summed E-state index contributed by atoms with van der Waals surface area (Å²) < 4.78 is 10.9. The fraction of sp³-hybridized carbons (Fsp3) is 0.179. The number of carbonyl (C=O) groups is 1. The monoisotopic (exact) mass is 486 g/mol. The van der Waals surface area contributed by atoms with Crippen LogP contribution in [0, 0.1) is 0 Å². The Kier molecular flexibility index (Phi) is 6.71. The molecule has 35 heavy (non-hydrogen) atoms. The summed E-state index contributed by atoms with van der Waals surface area (Å²) in [5.74, 6) is 0.179. The first-order chi connectivity index (χ1) is 16.7. The molecule has 1 aromatic heterocycles. The molecule has 2 N–H and O–H groups in total. The quantitative estimate of drug-likeness (QED) is 0.276. The van der Waals surface area contributed by atoms with Crippen molar-refractivity contribution in [3.63, 3.8) is 0 Å². The van der Waals surface area contributed by atoms with E-state index in [0.717, 1.165) is 10.9 Å². The molecular weight excluding hydrogens is 460 g/mol. The van der Waals surface area contributed by atoms with Crippen molar-refractivity contribution in [2.45, 2.75) is 26.2 Å². The fourth-order valence-electron chi connectivity index (χ4n) is 3.69. The van der Waals surface area contributed by atoms with E-state index in [1.54, 1.807) is 42.5 Å². The Morgan fingerprint density at radius 1 is 0.971 bits per heavy atom. The van der Waals surface area contributed by atoms with Gasteiger partial charge < -0.3 is 14.5 Å². The van der Waals surface area contributed by atoms with Crippen LogP contribution in [0.3, 0.4) is 0 Å². The molecule has 6 nitrogen and oxygen atoms in total. The third-order valence-corrected chi connectivity index (χ3v) is 5.84. The van der Waals surface area contributed by atoms with Crippen LogP contribution in [-0.2, 0) is 5.41 Å². The van der Waals surface area contributed by atoms with Crippen LogP contribution in [-0.4, -0.2) is 18.1 Å². The Bertz CT molecular complexity index is 1470. The summed E-state index contributed by atoms with van der Waals surface area (Å²) in [5.41, 5.74) is 3.23. The van der Waals surface area contributed by atoms with E-state index in [2.05, 4.69) is 31.4 Å². The smallest absolute Gasteiger partial charge is 0.344 e. The zero-order chi connectivity index (χ0) is 25.2. The molecule has 0 aliphatic rings. The highest BCUT2D eigenvalue weighted by atomic mass is 32.1. The normalized spacial score (nSPS) is 11.2. The highest BCUT2D eigenvalue weighted by Crippen LogP contribution is 2.30. The molecule has 3 aromatic carbocycles. The maximum atomic E-state index is 12.7. The molecule has 4 rings (SSSR count). The standard InChI is InChI=1S/C28H26N2O4S/c1-28(2,3)20-12-9-17(10-13-20)25(31)30-27(35)29-22-16-18(11-14-24(22)33-4)21-15-19-7-5-6-8-23(19)34-26(21)32/h5-16H,1-4H3,(H2,29,30,31,35). The van der Waals surface area contributed by atoms with Crippen molar-refractivity contribution in [3.8, 4) is 16.9 Å². The number of fused-ring (bicyclic) bond motifs is 1. The Balaban J connectivity index is 1.56. The number of para-hydroxylation sites is 1. The summed E-state index contributed by atoms with van der Waals surface area (Å²) in [4.78, 5) is 25.3. The zero-order valence-electron chi connectivity index (χ0n) is 20.0. The van der Waals surface area contributed by atoms with Gasteiger partial charge in [0.2, 0.25) is 0 Å². The largest absolute Gasteiger partial charge is 0.495 e. The molecule has 0 saturated carbocycles. The lowest BCUT2D eigenvalue weighted by Crippen LogP contribution is -2.34. The number of ether oxygens (including phenoxy) is 1. The number of benzene rings is 3. The number of rotatable bonds is 4. The highest BCUT2D eigenvalue weighted by Gasteiger charge is 2.16. The van der Waals surface area contributed by atoms with Crippen molar-refractivity contribution < 1.29 is 13.9 Å². The van der Waals surface area contributed by atoms with Crippen molar-refractivity contribution >= 4 is 39.9 Å². The number of methoxy groups -OCH3 is 1. The van der Waals surface area contributed by atoms with E-state index in [0.29, 0.717) is 33.7 Å². The van der Waals surface area contributed by atoms with Crippen LogP contribution < -0.4 is 21.0 Å². The Morgan fingerprint density at radius 3 is 2.37 bits per heavy atom. The van der Waals surface area contributed by atoms with E-state index in [-0.39, 0.29) is 16.4 Å².